The van der Waals surface area contributed by atoms with Crippen LogP contribution in [-0.2, 0) is 4.74 Å². The van der Waals surface area contributed by atoms with E-state index in [0.717, 1.165) is 5.56 Å². The van der Waals surface area contributed by atoms with Crippen molar-refractivity contribution in [3.05, 3.63) is 47.0 Å². The summed E-state index contributed by atoms with van der Waals surface area (Å²) >= 11 is 0. The van der Waals surface area contributed by atoms with Gasteiger partial charge in [0, 0.05) is 29.2 Å². The van der Waals surface area contributed by atoms with Gasteiger partial charge >= 0.3 is 6.09 Å². The number of hydrogen-bond acceptors (Lipinski definition) is 7. The molecule has 0 bridgehead atoms. The van der Waals surface area contributed by atoms with Crippen molar-refractivity contribution in [3.8, 4) is 23.0 Å². The highest BCUT2D eigenvalue weighted by Gasteiger charge is 2.52. The number of carbonyl (C=O) groups is 2. The predicted octanol–water partition coefficient (Wildman–Crippen LogP) is 3.89. The van der Waals surface area contributed by atoms with Gasteiger partial charge in [0.25, 0.3) is 0 Å². The van der Waals surface area contributed by atoms with Gasteiger partial charge in [0.05, 0.1) is 34.5 Å². The maximum absolute atomic E-state index is 13.9. The first-order valence-corrected chi connectivity index (χ1v) is 10.8. The van der Waals surface area contributed by atoms with E-state index in [4.69, 9.17) is 23.7 Å². The van der Waals surface area contributed by atoms with E-state index in [9.17, 15) is 9.59 Å². The molecule has 1 fully saturated rings. The summed E-state index contributed by atoms with van der Waals surface area (Å²) in [6.45, 7) is 4.27. The van der Waals surface area contributed by atoms with Crippen LogP contribution in [0.25, 0.3) is 0 Å². The summed E-state index contributed by atoms with van der Waals surface area (Å²) in [6.07, 6.45) is -0.495. The lowest BCUT2D eigenvalue weighted by Gasteiger charge is -2.33. The molecular weight excluding hydrogens is 426 g/mol. The second kappa shape index (κ2) is 8.84. The van der Waals surface area contributed by atoms with Crippen molar-refractivity contribution in [1.82, 2.24) is 4.90 Å². The third kappa shape index (κ3) is 3.73. The van der Waals surface area contributed by atoms with Crippen molar-refractivity contribution in [2.45, 2.75) is 31.8 Å². The molecule has 0 saturated carbocycles. The van der Waals surface area contributed by atoms with Crippen molar-refractivity contribution < 1.29 is 33.3 Å². The first kappa shape index (κ1) is 22.8. The lowest BCUT2D eigenvalue weighted by molar-refractivity contribution is 0.0809. The van der Waals surface area contributed by atoms with Crippen LogP contribution in [0.4, 0.5) is 4.79 Å². The first-order valence-electron chi connectivity index (χ1n) is 10.8. The fourth-order valence-corrected chi connectivity index (χ4v) is 4.81. The van der Waals surface area contributed by atoms with Crippen LogP contribution < -0.4 is 18.9 Å². The molecule has 1 aliphatic heterocycles. The maximum Gasteiger partial charge on any atom is 0.410 e. The molecule has 176 valence electrons. The number of fused-ring (bicyclic) bond motifs is 1. The zero-order valence-electron chi connectivity index (χ0n) is 19.7. The summed E-state index contributed by atoms with van der Waals surface area (Å²) < 4.78 is 27.5. The average molecular weight is 456 g/mol. The maximum atomic E-state index is 13.9. The molecule has 2 aliphatic rings. The molecule has 2 aromatic rings. The molecule has 1 heterocycles. The number of Topliss-reactive ketones (excluding diaryl/α,β-unsaturated/α-hetero) is 1. The van der Waals surface area contributed by atoms with Crippen LogP contribution in [0.2, 0.25) is 0 Å². The summed E-state index contributed by atoms with van der Waals surface area (Å²) in [4.78, 5) is 28.4. The van der Waals surface area contributed by atoms with Gasteiger partial charge in [-0.05, 0) is 29.7 Å². The Morgan fingerprint density at radius 3 is 2.03 bits per heavy atom. The van der Waals surface area contributed by atoms with Crippen molar-refractivity contribution >= 4 is 11.9 Å². The molecule has 2 aromatic carbocycles. The van der Waals surface area contributed by atoms with Crippen LogP contribution in [0.15, 0.2) is 30.3 Å². The zero-order chi connectivity index (χ0) is 23.9. The molecule has 3 atom stereocenters. The van der Waals surface area contributed by atoms with Crippen molar-refractivity contribution in [2.24, 2.45) is 5.92 Å². The molecule has 0 N–H and O–H groups in total. The topological polar surface area (TPSA) is 83.5 Å². The van der Waals surface area contributed by atoms with E-state index in [1.165, 1.54) is 7.11 Å². The first-order chi connectivity index (χ1) is 15.8. The highest BCUT2D eigenvalue weighted by molar-refractivity contribution is 6.08. The Morgan fingerprint density at radius 2 is 1.48 bits per heavy atom. The normalized spacial score (nSPS) is 21.8. The van der Waals surface area contributed by atoms with E-state index >= 15 is 0 Å². The van der Waals surface area contributed by atoms with Crippen molar-refractivity contribution in [1.29, 1.82) is 0 Å². The number of cyclic esters (lactones) is 1. The second-order valence-corrected chi connectivity index (χ2v) is 8.52. The van der Waals surface area contributed by atoms with Gasteiger partial charge in [-0.25, -0.2) is 4.79 Å². The fraction of sp³-hybridized carbons (Fsp3) is 0.440. The van der Waals surface area contributed by atoms with E-state index in [-0.39, 0.29) is 24.3 Å². The smallest absolute Gasteiger partial charge is 0.410 e. The molecule has 33 heavy (non-hydrogen) atoms. The van der Waals surface area contributed by atoms with Gasteiger partial charge in [0.2, 0.25) is 0 Å². The Bertz CT molecular complexity index is 1060. The molecule has 8 heteroatoms. The van der Waals surface area contributed by atoms with E-state index in [1.54, 1.807) is 44.4 Å². The highest BCUT2D eigenvalue weighted by Crippen LogP contribution is 2.49. The third-order valence-electron chi connectivity index (χ3n) is 6.48. The average Bonchev–Trinajstić information content (AvgIpc) is 3.34. The molecule has 4 rings (SSSR count). The van der Waals surface area contributed by atoms with Gasteiger partial charge < -0.3 is 23.7 Å². The minimum Gasteiger partial charge on any atom is -0.497 e. The van der Waals surface area contributed by atoms with Gasteiger partial charge in [0.1, 0.15) is 35.6 Å². The summed E-state index contributed by atoms with van der Waals surface area (Å²) in [5.41, 5.74) is 1.94. The number of ketones is 1. The zero-order valence-corrected chi connectivity index (χ0v) is 19.7. The largest absolute Gasteiger partial charge is 0.497 e. The number of carbonyl (C=O) groups excluding carboxylic acids is 2. The monoisotopic (exact) mass is 455 g/mol. The van der Waals surface area contributed by atoms with Gasteiger partial charge in [-0.15, -0.1) is 0 Å². The number of amides is 1. The van der Waals surface area contributed by atoms with Crippen LogP contribution in [0.3, 0.4) is 0 Å². The number of rotatable bonds is 7. The van der Waals surface area contributed by atoms with E-state index < -0.39 is 18.1 Å². The summed E-state index contributed by atoms with van der Waals surface area (Å²) in [6, 6.07) is 7.90. The molecule has 1 saturated heterocycles. The summed E-state index contributed by atoms with van der Waals surface area (Å²) in [5, 5.41) is 0. The number of nitrogens with zero attached hydrogens (tertiary/aromatic N) is 1. The Hall–Kier alpha value is -3.42. The van der Waals surface area contributed by atoms with Gasteiger partial charge in [-0.2, -0.15) is 0 Å². The fourth-order valence-electron chi connectivity index (χ4n) is 4.81. The van der Waals surface area contributed by atoms with Crippen molar-refractivity contribution in [2.75, 3.05) is 35.0 Å². The van der Waals surface area contributed by atoms with Gasteiger partial charge in [-0.3, -0.25) is 9.69 Å². The lowest BCUT2D eigenvalue weighted by Crippen LogP contribution is -2.49. The van der Waals surface area contributed by atoms with Crippen molar-refractivity contribution in [3.63, 3.8) is 0 Å². The second-order valence-electron chi connectivity index (χ2n) is 8.52. The Kier molecular flexibility index (Phi) is 6.10. The minimum absolute atomic E-state index is 0.102. The van der Waals surface area contributed by atoms with E-state index in [0.29, 0.717) is 34.1 Å². The lowest BCUT2D eigenvalue weighted by atomic mass is 9.87. The Labute approximate surface area is 193 Å². The molecule has 0 spiro atoms. The van der Waals surface area contributed by atoms with Gasteiger partial charge in [0.15, 0.2) is 5.78 Å². The quantitative estimate of drug-likeness (QED) is 0.626. The predicted molar refractivity (Wildman–Crippen MR) is 121 cm³/mol. The Balaban J connectivity index is 1.98. The summed E-state index contributed by atoms with van der Waals surface area (Å²) in [5.74, 6) is 1.60. The van der Waals surface area contributed by atoms with Crippen LogP contribution in [0.5, 0.6) is 23.0 Å². The van der Waals surface area contributed by atoms with Crippen LogP contribution >= 0.6 is 0 Å². The molecule has 8 nitrogen and oxygen atoms in total. The number of hydrogen-bond donors (Lipinski definition) is 0. The summed E-state index contributed by atoms with van der Waals surface area (Å²) in [7, 11) is 6.23. The number of ether oxygens (including phenoxy) is 5. The number of methoxy groups -OCH3 is 4. The molecular formula is C25H29NO7. The SMILES string of the molecule is COc1cc(OC)cc([C@H]2c3c(OC)cc(OC)cc3C(=O)[C@@H]2N2C(=O)OC[C@@H]2C(C)C)c1. The molecule has 0 unspecified atom stereocenters. The van der Waals surface area contributed by atoms with Gasteiger partial charge in [-0.1, -0.05) is 13.8 Å². The van der Waals surface area contributed by atoms with Crippen LogP contribution in [0, 0.1) is 5.92 Å². The molecule has 1 amide bonds. The van der Waals surface area contributed by atoms with E-state index in [2.05, 4.69) is 0 Å². The molecule has 0 aromatic heterocycles. The Morgan fingerprint density at radius 1 is 0.879 bits per heavy atom. The van der Waals surface area contributed by atoms with E-state index in [1.807, 2.05) is 26.0 Å². The highest BCUT2D eigenvalue weighted by atomic mass is 16.6. The number of benzene rings is 2. The molecule has 1 aliphatic carbocycles. The van der Waals surface area contributed by atoms with Crippen LogP contribution in [0.1, 0.15) is 41.3 Å². The molecule has 0 radical (unpaired) electrons. The standard InChI is InChI=1S/C25H29NO7/c1-13(2)19-12-33-25(28)26(19)23-21(14-7-15(29-3)9-16(8-14)30-4)22-18(24(23)27)10-17(31-5)11-20(22)32-6/h7-11,13,19,21,23H,12H2,1-6H3/t19-,21+,23-/m1/s1. The van der Waals surface area contributed by atoms with Crippen LogP contribution in [-0.4, -0.2) is 63.9 Å². The third-order valence-corrected chi connectivity index (χ3v) is 6.48. The minimum atomic E-state index is -0.805.